The smallest absolute Gasteiger partial charge is 0.251 e. The second-order valence-corrected chi connectivity index (χ2v) is 7.81. The van der Waals surface area contributed by atoms with E-state index in [0.717, 1.165) is 24.1 Å². The molecule has 0 spiro atoms. The SMILES string of the molecule is Cc1[nH]ncc1CCCNS(=O)(=O)c1sccc1Br. The van der Waals surface area contributed by atoms with Gasteiger partial charge in [0.25, 0.3) is 10.0 Å². The van der Waals surface area contributed by atoms with E-state index in [9.17, 15) is 8.42 Å². The minimum atomic E-state index is -3.40. The van der Waals surface area contributed by atoms with E-state index in [1.807, 2.05) is 6.92 Å². The Bertz CT molecular complexity index is 648. The van der Waals surface area contributed by atoms with E-state index < -0.39 is 10.0 Å². The summed E-state index contributed by atoms with van der Waals surface area (Å²) in [7, 11) is -3.40. The van der Waals surface area contributed by atoms with Gasteiger partial charge < -0.3 is 0 Å². The molecule has 0 aliphatic heterocycles. The van der Waals surface area contributed by atoms with Crippen molar-refractivity contribution in [2.75, 3.05) is 6.54 Å². The Morgan fingerprint density at radius 2 is 2.32 bits per heavy atom. The van der Waals surface area contributed by atoms with E-state index >= 15 is 0 Å². The largest absolute Gasteiger partial charge is 0.283 e. The molecule has 104 valence electrons. The molecular weight excluding hydrogens is 350 g/mol. The van der Waals surface area contributed by atoms with Gasteiger partial charge in [0.1, 0.15) is 4.21 Å². The first-order valence-electron chi connectivity index (χ1n) is 5.72. The summed E-state index contributed by atoms with van der Waals surface area (Å²) in [5, 5.41) is 8.54. The number of aromatic nitrogens is 2. The van der Waals surface area contributed by atoms with Crippen molar-refractivity contribution in [2.45, 2.75) is 24.0 Å². The van der Waals surface area contributed by atoms with Gasteiger partial charge in [-0.2, -0.15) is 5.10 Å². The Balaban J connectivity index is 1.86. The molecule has 2 aromatic heterocycles. The molecule has 2 rings (SSSR count). The topological polar surface area (TPSA) is 74.8 Å². The minimum absolute atomic E-state index is 0.326. The van der Waals surface area contributed by atoms with Crippen LogP contribution in [0.2, 0.25) is 0 Å². The van der Waals surface area contributed by atoms with Gasteiger partial charge in [-0.3, -0.25) is 5.10 Å². The molecule has 0 aromatic carbocycles. The lowest BCUT2D eigenvalue weighted by molar-refractivity contribution is 0.580. The summed E-state index contributed by atoms with van der Waals surface area (Å²) in [5.41, 5.74) is 2.15. The van der Waals surface area contributed by atoms with Crippen LogP contribution in [0.25, 0.3) is 0 Å². The molecule has 2 heterocycles. The maximum absolute atomic E-state index is 12.0. The van der Waals surface area contributed by atoms with E-state index in [2.05, 4.69) is 30.8 Å². The molecule has 0 amide bonds. The van der Waals surface area contributed by atoms with Crippen LogP contribution < -0.4 is 4.72 Å². The van der Waals surface area contributed by atoms with Crippen LogP contribution in [0.15, 0.2) is 26.3 Å². The van der Waals surface area contributed by atoms with Crippen molar-refractivity contribution in [3.05, 3.63) is 33.4 Å². The van der Waals surface area contributed by atoms with Crippen molar-refractivity contribution >= 4 is 37.3 Å². The highest BCUT2D eigenvalue weighted by atomic mass is 79.9. The average molecular weight is 364 g/mol. The molecule has 0 saturated heterocycles. The summed E-state index contributed by atoms with van der Waals surface area (Å²) in [6, 6.07) is 1.73. The Kier molecular flexibility index (Phi) is 4.77. The zero-order valence-corrected chi connectivity index (χ0v) is 13.5. The molecule has 2 aromatic rings. The van der Waals surface area contributed by atoms with Crippen LogP contribution in [-0.2, 0) is 16.4 Å². The predicted molar refractivity (Wildman–Crippen MR) is 78.9 cm³/mol. The van der Waals surface area contributed by atoms with Crippen molar-refractivity contribution in [2.24, 2.45) is 0 Å². The molecule has 0 bridgehead atoms. The lowest BCUT2D eigenvalue weighted by Gasteiger charge is -2.05. The third-order valence-corrected chi connectivity index (χ3v) is 6.81. The first-order chi connectivity index (χ1) is 9.00. The third kappa shape index (κ3) is 3.65. The number of rotatable bonds is 6. The fourth-order valence-corrected chi connectivity index (χ4v) is 5.10. The first-order valence-corrected chi connectivity index (χ1v) is 8.88. The van der Waals surface area contributed by atoms with Crippen LogP contribution in [-0.4, -0.2) is 25.2 Å². The fraction of sp³-hybridized carbons (Fsp3) is 0.364. The van der Waals surface area contributed by atoms with Gasteiger partial charge in [0.15, 0.2) is 0 Å². The van der Waals surface area contributed by atoms with Gasteiger partial charge in [-0.05, 0) is 52.7 Å². The van der Waals surface area contributed by atoms with Crippen LogP contribution in [0.3, 0.4) is 0 Å². The highest BCUT2D eigenvalue weighted by Gasteiger charge is 2.18. The van der Waals surface area contributed by atoms with Crippen LogP contribution in [0.4, 0.5) is 0 Å². The second kappa shape index (κ2) is 6.17. The van der Waals surface area contributed by atoms with Gasteiger partial charge in [-0.1, -0.05) is 0 Å². The first kappa shape index (κ1) is 14.7. The fourth-order valence-electron chi connectivity index (χ4n) is 1.65. The molecule has 0 fully saturated rings. The molecular formula is C11H14BrN3O2S2. The summed E-state index contributed by atoms with van der Waals surface area (Å²) in [5.74, 6) is 0. The maximum Gasteiger partial charge on any atom is 0.251 e. The number of nitrogens with one attached hydrogen (secondary N) is 2. The zero-order valence-electron chi connectivity index (χ0n) is 10.3. The Morgan fingerprint density at radius 1 is 1.53 bits per heavy atom. The Morgan fingerprint density at radius 3 is 2.89 bits per heavy atom. The number of sulfonamides is 1. The van der Waals surface area contributed by atoms with Crippen LogP contribution in [0, 0.1) is 6.92 Å². The molecule has 8 heteroatoms. The number of nitrogens with zero attached hydrogens (tertiary/aromatic N) is 1. The Labute approximate surface area is 124 Å². The normalized spacial score (nSPS) is 11.9. The molecule has 19 heavy (non-hydrogen) atoms. The van der Waals surface area contributed by atoms with Crippen molar-refractivity contribution in [1.82, 2.24) is 14.9 Å². The van der Waals surface area contributed by atoms with E-state index in [4.69, 9.17) is 0 Å². The molecule has 0 aliphatic rings. The summed E-state index contributed by atoms with van der Waals surface area (Å²) in [6.45, 7) is 2.37. The van der Waals surface area contributed by atoms with Crippen molar-refractivity contribution < 1.29 is 8.42 Å². The van der Waals surface area contributed by atoms with Crippen molar-refractivity contribution in [3.8, 4) is 0 Å². The molecule has 5 nitrogen and oxygen atoms in total. The van der Waals surface area contributed by atoms with Crippen LogP contribution in [0.5, 0.6) is 0 Å². The third-order valence-electron chi connectivity index (χ3n) is 2.68. The number of aryl methyl sites for hydroxylation is 2. The lowest BCUT2D eigenvalue weighted by atomic mass is 10.1. The molecule has 0 atom stereocenters. The average Bonchev–Trinajstić information content (AvgIpc) is 2.94. The molecule has 2 N–H and O–H groups in total. The summed E-state index contributed by atoms with van der Waals surface area (Å²) in [6.07, 6.45) is 3.32. The summed E-state index contributed by atoms with van der Waals surface area (Å²) < 4.78 is 27.5. The van der Waals surface area contributed by atoms with Gasteiger partial charge in [-0.25, -0.2) is 13.1 Å². The predicted octanol–water partition coefficient (Wildman–Crippen LogP) is 2.45. The molecule has 0 aliphatic carbocycles. The number of hydrogen-bond acceptors (Lipinski definition) is 4. The van der Waals surface area contributed by atoms with Gasteiger partial charge in [0.2, 0.25) is 0 Å². The lowest BCUT2D eigenvalue weighted by Crippen LogP contribution is -2.24. The van der Waals surface area contributed by atoms with Gasteiger partial charge in [0.05, 0.1) is 6.20 Å². The number of aromatic amines is 1. The number of halogens is 1. The van der Waals surface area contributed by atoms with E-state index in [0.29, 0.717) is 15.2 Å². The molecule has 0 radical (unpaired) electrons. The zero-order chi connectivity index (χ0) is 13.9. The Hall–Kier alpha value is -0.700. The molecule has 0 saturated carbocycles. The molecule has 0 unspecified atom stereocenters. The highest BCUT2D eigenvalue weighted by Crippen LogP contribution is 2.27. The van der Waals surface area contributed by atoms with Crippen molar-refractivity contribution in [1.29, 1.82) is 0 Å². The van der Waals surface area contributed by atoms with Gasteiger partial charge in [0, 0.05) is 16.7 Å². The van der Waals surface area contributed by atoms with E-state index in [1.54, 1.807) is 17.6 Å². The van der Waals surface area contributed by atoms with E-state index in [1.165, 1.54) is 11.3 Å². The number of thiophene rings is 1. The van der Waals surface area contributed by atoms with Crippen LogP contribution >= 0.6 is 27.3 Å². The van der Waals surface area contributed by atoms with E-state index in [-0.39, 0.29) is 0 Å². The number of H-pyrrole nitrogens is 1. The standard InChI is InChI=1S/C11H14BrN3O2S2/c1-8-9(7-13-15-8)3-2-5-14-19(16,17)11-10(12)4-6-18-11/h4,6-7,14H,2-3,5H2,1H3,(H,13,15). The van der Waals surface area contributed by atoms with Gasteiger partial charge in [-0.15, -0.1) is 11.3 Å². The maximum atomic E-state index is 12.0. The number of hydrogen-bond donors (Lipinski definition) is 2. The monoisotopic (exact) mass is 363 g/mol. The summed E-state index contributed by atoms with van der Waals surface area (Å²) >= 11 is 4.43. The summed E-state index contributed by atoms with van der Waals surface area (Å²) in [4.78, 5) is 0. The van der Waals surface area contributed by atoms with Crippen molar-refractivity contribution in [3.63, 3.8) is 0 Å². The highest BCUT2D eigenvalue weighted by molar-refractivity contribution is 9.10. The quantitative estimate of drug-likeness (QED) is 0.774. The van der Waals surface area contributed by atoms with Crippen LogP contribution in [0.1, 0.15) is 17.7 Å². The minimum Gasteiger partial charge on any atom is -0.283 e. The van der Waals surface area contributed by atoms with Gasteiger partial charge >= 0.3 is 0 Å². The second-order valence-electron chi connectivity index (χ2n) is 4.08.